The molecule has 2 aromatic carbocycles. The van der Waals surface area contributed by atoms with Crippen LogP contribution in [0.5, 0.6) is 0 Å². The zero-order valence-electron chi connectivity index (χ0n) is 20.7. The van der Waals surface area contributed by atoms with Gasteiger partial charge in [0.25, 0.3) is 15.9 Å². The number of amides is 1. The minimum atomic E-state index is -4.11. The van der Waals surface area contributed by atoms with Crippen LogP contribution in [0.25, 0.3) is 0 Å². The summed E-state index contributed by atoms with van der Waals surface area (Å²) in [6.45, 7) is 9.09. The molecule has 1 amide bonds. The predicted molar refractivity (Wildman–Crippen MR) is 142 cm³/mol. The molecule has 36 heavy (non-hydrogen) atoms. The summed E-state index contributed by atoms with van der Waals surface area (Å²) in [5, 5.41) is 0.199. The molecule has 1 heterocycles. The number of aryl methyl sites for hydroxylation is 1. The lowest BCUT2D eigenvalue weighted by Crippen LogP contribution is -2.29. The van der Waals surface area contributed by atoms with Crippen molar-refractivity contribution in [2.24, 2.45) is 0 Å². The minimum absolute atomic E-state index is 0.00787. The van der Waals surface area contributed by atoms with Gasteiger partial charge in [0, 0.05) is 19.5 Å². The van der Waals surface area contributed by atoms with E-state index in [4.69, 9.17) is 11.6 Å². The largest absolute Gasteiger partial charge is 0.298 e. The second-order valence-electron chi connectivity index (χ2n) is 9.21. The summed E-state index contributed by atoms with van der Waals surface area (Å²) in [6.07, 6.45) is 0.396. The monoisotopic (exact) mass is 547 g/mol. The molecule has 0 aliphatic carbocycles. The quantitative estimate of drug-likeness (QED) is 0.309. The van der Waals surface area contributed by atoms with Crippen LogP contribution >= 0.6 is 22.9 Å². The highest BCUT2D eigenvalue weighted by Crippen LogP contribution is 2.33. The maximum atomic E-state index is 13.5. The summed E-state index contributed by atoms with van der Waals surface area (Å²) in [6, 6.07) is 9.08. The summed E-state index contributed by atoms with van der Waals surface area (Å²) < 4.78 is 28.8. The highest BCUT2D eigenvalue weighted by Gasteiger charge is 2.28. The van der Waals surface area contributed by atoms with Crippen molar-refractivity contribution in [2.45, 2.75) is 44.9 Å². The van der Waals surface area contributed by atoms with Crippen molar-refractivity contribution < 1.29 is 22.8 Å². The van der Waals surface area contributed by atoms with E-state index in [1.807, 2.05) is 20.8 Å². The topological polar surface area (TPSA) is 114 Å². The van der Waals surface area contributed by atoms with Gasteiger partial charge in [-0.1, -0.05) is 55.8 Å². The highest BCUT2D eigenvalue weighted by atomic mass is 35.5. The van der Waals surface area contributed by atoms with E-state index in [9.17, 15) is 22.8 Å². The molecule has 0 atom stereocenters. The Morgan fingerprint density at radius 3 is 2.22 bits per heavy atom. The Balaban J connectivity index is 2.06. The Morgan fingerprint density at radius 1 is 1.11 bits per heavy atom. The van der Waals surface area contributed by atoms with Crippen molar-refractivity contribution in [3.8, 4) is 0 Å². The molecule has 1 N–H and O–H groups in total. The van der Waals surface area contributed by atoms with Crippen LogP contribution in [-0.2, 0) is 15.4 Å². The average Bonchev–Trinajstić information content (AvgIpc) is 3.20. The van der Waals surface area contributed by atoms with Crippen molar-refractivity contribution in [3.05, 3.63) is 68.7 Å². The average molecular weight is 548 g/mol. The van der Waals surface area contributed by atoms with E-state index in [-0.39, 0.29) is 43.1 Å². The molecule has 3 rings (SSSR count). The number of carbonyl (C=O) groups excluding carboxylic acids is 3. The number of sulfonamides is 1. The van der Waals surface area contributed by atoms with Crippen LogP contribution in [0.1, 0.15) is 69.3 Å². The van der Waals surface area contributed by atoms with Crippen molar-refractivity contribution in [2.75, 3.05) is 16.7 Å². The second-order valence-corrected chi connectivity index (χ2v) is 12.3. The van der Waals surface area contributed by atoms with E-state index < -0.39 is 15.9 Å². The van der Waals surface area contributed by atoms with Gasteiger partial charge in [-0.3, -0.25) is 24.0 Å². The number of aldehydes is 1. The zero-order valence-corrected chi connectivity index (χ0v) is 23.1. The van der Waals surface area contributed by atoms with E-state index in [0.717, 1.165) is 21.8 Å². The van der Waals surface area contributed by atoms with Gasteiger partial charge in [0.15, 0.2) is 17.2 Å². The number of rotatable bonds is 7. The third-order valence-electron chi connectivity index (χ3n) is 5.50. The van der Waals surface area contributed by atoms with E-state index >= 15 is 0 Å². The van der Waals surface area contributed by atoms with E-state index in [0.29, 0.717) is 16.9 Å². The number of hydrogen-bond donors (Lipinski definition) is 1. The Bertz CT molecular complexity index is 1460. The molecule has 0 saturated heterocycles. The van der Waals surface area contributed by atoms with E-state index in [1.54, 1.807) is 19.1 Å². The van der Waals surface area contributed by atoms with Crippen LogP contribution in [0.15, 0.2) is 41.3 Å². The standard InChI is InChI=1S/C25H26ClN3O5S2/c1-14-22(15(2)31)35-24(27-14)29(6)23(32)21-18(13-30)19(26)11-12-20(21)28-36(33,34)17-9-7-16(8-10-17)25(3,4)5/h7-13,28H,1-6H3. The predicted octanol–water partition coefficient (Wildman–Crippen LogP) is 5.49. The summed E-state index contributed by atoms with van der Waals surface area (Å²) in [5.74, 6) is -0.913. The first-order valence-electron chi connectivity index (χ1n) is 10.8. The normalized spacial score (nSPS) is 11.8. The zero-order chi connectivity index (χ0) is 27.0. The number of nitrogens with one attached hydrogen (secondary N) is 1. The molecule has 8 nitrogen and oxygen atoms in total. The summed E-state index contributed by atoms with van der Waals surface area (Å²) in [7, 11) is -2.69. The van der Waals surface area contributed by atoms with E-state index in [1.165, 1.54) is 38.2 Å². The fourth-order valence-corrected chi connectivity index (χ4v) is 5.67. The number of ketones is 1. The molecule has 0 spiro atoms. The first-order chi connectivity index (χ1) is 16.7. The minimum Gasteiger partial charge on any atom is -0.298 e. The Kier molecular flexibility index (Phi) is 7.73. The number of thiazole rings is 1. The summed E-state index contributed by atoms with van der Waals surface area (Å²) in [4.78, 5) is 43.1. The van der Waals surface area contributed by atoms with Gasteiger partial charge in [-0.25, -0.2) is 13.4 Å². The highest BCUT2D eigenvalue weighted by molar-refractivity contribution is 7.92. The number of halogens is 1. The maximum Gasteiger partial charge on any atom is 0.262 e. The first-order valence-corrected chi connectivity index (χ1v) is 13.5. The molecule has 11 heteroatoms. The fraction of sp³-hybridized carbons (Fsp3) is 0.280. The van der Waals surface area contributed by atoms with Crippen molar-refractivity contribution >= 4 is 61.8 Å². The number of benzene rings is 2. The number of Topliss-reactive ketones (excluding diaryl/α,β-unsaturated/α-hetero) is 1. The van der Waals surface area contributed by atoms with Crippen molar-refractivity contribution in [3.63, 3.8) is 0 Å². The number of nitrogens with zero attached hydrogens (tertiary/aromatic N) is 2. The number of anilines is 2. The smallest absolute Gasteiger partial charge is 0.262 e. The molecule has 3 aromatic rings. The van der Waals surface area contributed by atoms with Crippen molar-refractivity contribution in [1.82, 2.24) is 4.98 Å². The molecule has 0 saturated carbocycles. The number of carbonyl (C=O) groups is 3. The SMILES string of the molecule is CC(=O)c1sc(N(C)C(=O)c2c(NS(=O)(=O)c3ccc(C(C)(C)C)cc3)ccc(Cl)c2C=O)nc1C. The van der Waals surface area contributed by atoms with Crippen LogP contribution in [0.2, 0.25) is 5.02 Å². The van der Waals surface area contributed by atoms with Crippen LogP contribution in [0.3, 0.4) is 0 Å². The Hall–Kier alpha value is -3.08. The molecule has 190 valence electrons. The van der Waals surface area contributed by atoms with Crippen LogP contribution < -0.4 is 9.62 Å². The summed E-state index contributed by atoms with van der Waals surface area (Å²) in [5.41, 5.74) is 0.744. The Morgan fingerprint density at radius 2 is 1.72 bits per heavy atom. The summed E-state index contributed by atoms with van der Waals surface area (Å²) >= 11 is 7.20. The van der Waals surface area contributed by atoms with Crippen LogP contribution in [-0.4, -0.2) is 38.4 Å². The molecule has 0 aliphatic heterocycles. The molecular weight excluding hydrogens is 522 g/mol. The number of hydrogen-bond acceptors (Lipinski definition) is 7. The second kappa shape index (κ2) is 10.1. The van der Waals surface area contributed by atoms with Gasteiger partial charge >= 0.3 is 0 Å². The van der Waals surface area contributed by atoms with Gasteiger partial charge in [0.05, 0.1) is 31.7 Å². The van der Waals surface area contributed by atoms with Gasteiger partial charge in [0.2, 0.25) is 0 Å². The molecule has 0 unspecified atom stereocenters. The van der Waals surface area contributed by atoms with Gasteiger partial charge < -0.3 is 0 Å². The molecule has 0 radical (unpaired) electrons. The van der Waals surface area contributed by atoms with Crippen LogP contribution in [0, 0.1) is 6.92 Å². The van der Waals surface area contributed by atoms with Gasteiger partial charge in [0.1, 0.15) is 0 Å². The first kappa shape index (κ1) is 27.5. The molecule has 0 bridgehead atoms. The lowest BCUT2D eigenvalue weighted by Gasteiger charge is -2.20. The van der Waals surface area contributed by atoms with Gasteiger partial charge in [-0.2, -0.15) is 0 Å². The van der Waals surface area contributed by atoms with Crippen molar-refractivity contribution in [1.29, 1.82) is 0 Å². The van der Waals surface area contributed by atoms with E-state index in [2.05, 4.69) is 9.71 Å². The maximum absolute atomic E-state index is 13.5. The molecule has 0 aliphatic rings. The number of aromatic nitrogens is 1. The molecular formula is C25H26ClN3O5S2. The fourth-order valence-electron chi connectivity index (χ4n) is 3.47. The molecule has 1 aromatic heterocycles. The lowest BCUT2D eigenvalue weighted by molar-refractivity contribution is 0.0985. The third kappa shape index (κ3) is 5.50. The Labute approximate surface area is 219 Å². The van der Waals surface area contributed by atoms with Gasteiger partial charge in [-0.05, 0) is 42.2 Å². The molecule has 0 fully saturated rings. The lowest BCUT2D eigenvalue weighted by atomic mass is 9.87. The van der Waals surface area contributed by atoms with Crippen LogP contribution in [0.4, 0.5) is 10.8 Å². The van der Waals surface area contributed by atoms with Gasteiger partial charge in [-0.15, -0.1) is 0 Å². The third-order valence-corrected chi connectivity index (χ3v) is 8.54.